The van der Waals surface area contributed by atoms with E-state index in [2.05, 4.69) is 10.3 Å². The Morgan fingerprint density at radius 3 is 2.38 bits per heavy atom. The second-order valence-electron chi connectivity index (χ2n) is 4.15. The number of halogens is 3. The van der Waals surface area contributed by atoms with Crippen molar-refractivity contribution in [3.63, 3.8) is 0 Å². The number of nitrogens with zero attached hydrogens (tertiary/aromatic N) is 3. The third-order valence-corrected chi connectivity index (χ3v) is 5.31. The lowest BCUT2D eigenvalue weighted by Gasteiger charge is -2.07. The number of rotatable bonds is 2. The van der Waals surface area contributed by atoms with Crippen LogP contribution in [0.5, 0.6) is 0 Å². The van der Waals surface area contributed by atoms with Gasteiger partial charge in [-0.25, -0.2) is 0 Å². The molecule has 0 unspecified atom stereocenters. The number of hydrogen-bond donors (Lipinski definition) is 0. The van der Waals surface area contributed by atoms with Gasteiger partial charge in [0.25, 0.3) is 10.0 Å². The lowest BCUT2D eigenvalue weighted by atomic mass is 10.3. The maximum atomic E-state index is 12.7. The van der Waals surface area contributed by atoms with Gasteiger partial charge < -0.3 is 0 Å². The molecule has 0 bridgehead atoms. The van der Waals surface area contributed by atoms with Crippen molar-refractivity contribution in [2.75, 3.05) is 0 Å². The first-order valence-electron chi connectivity index (χ1n) is 5.61. The van der Waals surface area contributed by atoms with Crippen molar-refractivity contribution in [3.05, 3.63) is 51.5 Å². The minimum absolute atomic E-state index is 0.0528. The van der Waals surface area contributed by atoms with Crippen molar-refractivity contribution in [1.29, 1.82) is 0 Å². The fourth-order valence-electron chi connectivity index (χ4n) is 1.82. The van der Waals surface area contributed by atoms with Crippen molar-refractivity contribution in [2.45, 2.75) is 4.90 Å². The highest BCUT2D eigenvalue weighted by Gasteiger charge is 2.24. The maximum Gasteiger partial charge on any atom is 0.286 e. The van der Waals surface area contributed by atoms with Crippen molar-refractivity contribution in [1.82, 2.24) is 14.4 Å². The van der Waals surface area contributed by atoms with Gasteiger partial charge in [-0.15, -0.1) is 9.19 Å². The number of benzene rings is 2. The average Bonchev–Trinajstić information content (AvgIpc) is 2.84. The lowest BCUT2D eigenvalue weighted by Crippen LogP contribution is -2.15. The Balaban J connectivity index is 2.28. The van der Waals surface area contributed by atoms with Crippen LogP contribution < -0.4 is 0 Å². The minimum atomic E-state index is -4.00. The standard InChI is InChI=1S/C12H6Cl3N3O2S/c13-7-2-4-11-10(5-7)16-17-18(11)21(19,20)12-6-8(14)1-3-9(12)15/h1-6H. The second-order valence-corrected chi connectivity index (χ2v) is 7.16. The van der Waals surface area contributed by atoms with Crippen LogP contribution in [0.3, 0.4) is 0 Å². The van der Waals surface area contributed by atoms with E-state index in [0.29, 0.717) is 16.1 Å². The van der Waals surface area contributed by atoms with Gasteiger partial charge in [-0.3, -0.25) is 0 Å². The Labute approximate surface area is 135 Å². The molecule has 0 amide bonds. The highest BCUT2D eigenvalue weighted by Crippen LogP contribution is 2.28. The second kappa shape index (κ2) is 5.14. The van der Waals surface area contributed by atoms with Crippen molar-refractivity contribution < 1.29 is 8.42 Å². The molecule has 0 radical (unpaired) electrons. The molecule has 2 aromatic carbocycles. The highest BCUT2D eigenvalue weighted by molar-refractivity contribution is 7.90. The predicted octanol–water partition coefficient (Wildman–Crippen LogP) is 3.63. The Morgan fingerprint density at radius 2 is 1.62 bits per heavy atom. The number of fused-ring (bicyclic) bond motifs is 1. The summed E-state index contributed by atoms with van der Waals surface area (Å²) in [4.78, 5) is -0.140. The molecule has 0 fully saturated rings. The molecule has 0 atom stereocenters. The van der Waals surface area contributed by atoms with E-state index in [9.17, 15) is 8.42 Å². The van der Waals surface area contributed by atoms with E-state index in [1.807, 2.05) is 0 Å². The van der Waals surface area contributed by atoms with Gasteiger partial charge >= 0.3 is 0 Å². The summed E-state index contributed by atoms with van der Waals surface area (Å²) in [5.74, 6) is 0. The van der Waals surface area contributed by atoms with E-state index in [1.165, 1.54) is 30.3 Å². The first kappa shape index (κ1) is 14.6. The summed E-state index contributed by atoms with van der Waals surface area (Å²) in [7, 11) is -4.00. The fraction of sp³-hybridized carbons (Fsp3) is 0. The number of hydrogen-bond acceptors (Lipinski definition) is 4. The topological polar surface area (TPSA) is 64.8 Å². The normalized spacial score (nSPS) is 12.0. The summed E-state index contributed by atoms with van der Waals surface area (Å²) in [6.45, 7) is 0. The molecule has 3 rings (SSSR count). The predicted molar refractivity (Wildman–Crippen MR) is 81.6 cm³/mol. The Hall–Kier alpha value is -1.34. The van der Waals surface area contributed by atoms with E-state index in [0.717, 1.165) is 4.09 Å². The van der Waals surface area contributed by atoms with Gasteiger partial charge in [0.2, 0.25) is 0 Å². The third kappa shape index (κ3) is 2.48. The van der Waals surface area contributed by atoms with Gasteiger partial charge in [-0.1, -0.05) is 40.0 Å². The quantitative estimate of drug-likeness (QED) is 0.698. The van der Waals surface area contributed by atoms with E-state index in [4.69, 9.17) is 34.8 Å². The molecule has 5 nitrogen and oxygen atoms in total. The van der Waals surface area contributed by atoms with Crippen LogP contribution in [-0.2, 0) is 10.0 Å². The first-order chi connectivity index (χ1) is 9.89. The van der Waals surface area contributed by atoms with Gasteiger partial charge in [-0.2, -0.15) is 8.42 Å². The fourth-order valence-corrected chi connectivity index (χ4v) is 3.96. The van der Waals surface area contributed by atoms with Crippen molar-refractivity contribution >= 4 is 55.9 Å². The van der Waals surface area contributed by atoms with Crippen LogP contribution in [0.25, 0.3) is 11.0 Å². The first-order valence-corrected chi connectivity index (χ1v) is 8.18. The van der Waals surface area contributed by atoms with Crippen LogP contribution in [0.1, 0.15) is 0 Å². The minimum Gasteiger partial charge on any atom is -0.199 e. The zero-order valence-electron chi connectivity index (χ0n) is 10.2. The monoisotopic (exact) mass is 361 g/mol. The third-order valence-electron chi connectivity index (χ3n) is 2.78. The molecule has 0 aliphatic rings. The van der Waals surface area contributed by atoms with Crippen molar-refractivity contribution in [2.24, 2.45) is 0 Å². The van der Waals surface area contributed by atoms with E-state index in [1.54, 1.807) is 6.07 Å². The number of aromatic nitrogens is 3. The summed E-state index contributed by atoms with van der Waals surface area (Å²) in [5, 5.41) is 8.22. The van der Waals surface area contributed by atoms with E-state index >= 15 is 0 Å². The maximum absolute atomic E-state index is 12.7. The van der Waals surface area contributed by atoms with Crippen LogP contribution in [0.4, 0.5) is 0 Å². The van der Waals surface area contributed by atoms with E-state index in [-0.39, 0.29) is 14.9 Å². The molecule has 1 heterocycles. The summed E-state index contributed by atoms with van der Waals surface area (Å²) in [6, 6.07) is 8.78. The molecule has 0 saturated heterocycles. The molecule has 9 heteroatoms. The summed E-state index contributed by atoms with van der Waals surface area (Å²) >= 11 is 17.6. The summed E-state index contributed by atoms with van der Waals surface area (Å²) in [5.41, 5.74) is 0.666. The summed E-state index contributed by atoms with van der Waals surface area (Å²) < 4.78 is 26.1. The molecule has 0 aliphatic heterocycles. The van der Waals surface area contributed by atoms with Crippen molar-refractivity contribution in [3.8, 4) is 0 Å². The van der Waals surface area contributed by atoms with Crippen LogP contribution in [0.2, 0.25) is 15.1 Å². The SMILES string of the molecule is O=S(=O)(c1cc(Cl)ccc1Cl)n1nnc2cc(Cl)ccc21. The molecule has 1 aromatic heterocycles. The zero-order chi connectivity index (χ0) is 15.2. The molecule has 3 aromatic rings. The van der Waals surface area contributed by atoms with Crippen LogP contribution in [0, 0.1) is 0 Å². The molecule has 0 saturated carbocycles. The van der Waals surface area contributed by atoms with Crippen LogP contribution in [-0.4, -0.2) is 22.8 Å². The average molecular weight is 363 g/mol. The molecule has 21 heavy (non-hydrogen) atoms. The highest BCUT2D eigenvalue weighted by atomic mass is 35.5. The molecule has 108 valence electrons. The largest absolute Gasteiger partial charge is 0.286 e. The smallest absolute Gasteiger partial charge is 0.199 e. The molecule has 0 spiro atoms. The zero-order valence-corrected chi connectivity index (χ0v) is 13.2. The Kier molecular flexibility index (Phi) is 3.57. The van der Waals surface area contributed by atoms with Crippen LogP contribution in [0.15, 0.2) is 41.3 Å². The Bertz CT molecular complexity index is 954. The van der Waals surface area contributed by atoms with Gasteiger partial charge in [0.05, 0.1) is 5.02 Å². The molecular formula is C12H6Cl3N3O2S. The lowest BCUT2D eigenvalue weighted by molar-refractivity contribution is 0.579. The van der Waals surface area contributed by atoms with E-state index < -0.39 is 10.0 Å². The van der Waals surface area contributed by atoms with Gasteiger partial charge in [0.1, 0.15) is 15.9 Å². The Morgan fingerprint density at radius 1 is 0.952 bits per heavy atom. The molecular weight excluding hydrogens is 357 g/mol. The van der Waals surface area contributed by atoms with Gasteiger partial charge in [-0.05, 0) is 36.4 Å². The van der Waals surface area contributed by atoms with Crippen LogP contribution >= 0.6 is 34.8 Å². The molecule has 0 N–H and O–H groups in total. The molecule has 0 aliphatic carbocycles. The summed E-state index contributed by atoms with van der Waals surface area (Å²) in [6.07, 6.45) is 0. The van der Waals surface area contributed by atoms with Gasteiger partial charge in [0, 0.05) is 10.0 Å². The van der Waals surface area contributed by atoms with Gasteiger partial charge in [0.15, 0.2) is 0 Å².